The minimum absolute atomic E-state index is 0.318. The van der Waals surface area contributed by atoms with Gasteiger partial charge in [-0.3, -0.25) is 0 Å². The van der Waals surface area contributed by atoms with Gasteiger partial charge in [-0.2, -0.15) is 0 Å². The van der Waals surface area contributed by atoms with E-state index in [1.165, 1.54) is 12.8 Å². The van der Waals surface area contributed by atoms with Gasteiger partial charge in [0.25, 0.3) is 0 Å². The van der Waals surface area contributed by atoms with Crippen molar-refractivity contribution in [2.45, 2.75) is 44.7 Å². The van der Waals surface area contributed by atoms with Crippen LogP contribution in [0.2, 0.25) is 0 Å². The predicted octanol–water partition coefficient (Wildman–Crippen LogP) is 0.489. The lowest BCUT2D eigenvalue weighted by Gasteiger charge is -2.27. The van der Waals surface area contributed by atoms with Crippen molar-refractivity contribution in [1.29, 1.82) is 0 Å². The third-order valence-corrected chi connectivity index (χ3v) is 2.65. The van der Waals surface area contributed by atoms with Crippen LogP contribution in [0.4, 0.5) is 0 Å². The minimum atomic E-state index is 0.318. The summed E-state index contributed by atoms with van der Waals surface area (Å²) in [7, 11) is 0. The molecule has 13 heavy (non-hydrogen) atoms. The van der Waals surface area contributed by atoms with E-state index >= 15 is 0 Å². The van der Waals surface area contributed by atoms with Crippen molar-refractivity contribution in [3.63, 3.8) is 0 Å². The van der Waals surface area contributed by atoms with E-state index in [2.05, 4.69) is 17.6 Å². The van der Waals surface area contributed by atoms with E-state index in [0.29, 0.717) is 18.7 Å². The van der Waals surface area contributed by atoms with E-state index in [-0.39, 0.29) is 0 Å². The highest BCUT2D eigenvalue weighted by atomic mass is 16.2. The molecule has 3 nitrogen and oxygen atoms in total. The zero-order valence-electron chi connectivity index (χ0n) is 8.55. The lowest BCUT2D eigenvalue weighted by atomic mass is 10.0. The maximum absolute atomic E-state index is 8.68. The van der Waals surface area contributed by atoms with Gasteiger partial charge < -0.3 is 15.7 Å². The van der Waals surface area contributed by atoms with Crippen molar-refractivity contribution < 1.29 is 5.11 Å². The maximum atomic E-state index is 8.68. The van der Waals surface area contributed by atoms with E-state index in [0.717, 1.165) is 25.9 Å². The number of piperidine rings is 1. The van der Waals surface area contributed by atoms with Gasteiger partial charge in [0.05, 0.1) is 0 Å². The molecule has 1 atom stereocenters. The smallest absolute Gasteiger partial charge is 0.0431 e. The monoisotopic (exact) mass is 186 g/mol. The van der Waals surface area contributed by atoms with Crippen LogP contribution in [0.3, 0.4) is 0 Å². The van der Waals surface area contributed by atoms with Crippen LogP contribution in [0.5, 0.6) is 0 Å². The topological polar surface area (TPSA) is 44.3 Å². The second-order valence-electron chi connectivity index (χ2n) is 3.96. The van der Waals surface area contributed by atoms with Crippen LogP contribution in [0.15, 0.2) is 0 Å². The van der Waals surface area contributed by atoms with Crippen molar-refractivity contribution in [2.75, 3.05) is 19.7 Å². The SMILES string of the molecule is CC(CCCO)NC1CCNCC1. The van der Waals surface area contributed by atoms with Crippen LogP contribution in [0.1, 0.15) is 32.6 Å². The van der Waals surface area contributed by atoms with E-state index in [9.17, 15) is 0 Å². The molecule has 0 aromatic carbocycles. The third kappa shape index (κ3) is 4.60. The van der Waals surface area contributed by atoms with E-state index < -0.39 is 0 Å². The van der Waals surface area contributed by atoms with Gasteiger partial charge in [-0.05, 0) is 45.7 Å². The molecule has 1 heterocycles. The highest BCUT2D eigenvalue weighted by Crippen LogP contribution is 2.05. The zero-order valence-corrected chi connectivity index (χ0v) is 8.55. The molecular formula is C10H22N2O. The Morgan fingerprint density at radius 2 is 2.15 bits per heavy atom. The number of nitrogens with one attached hydrogen (secondary N) is 2. The summed E-state index contributed by atoms with van der Waals surface area (Å²) in [5.74, 6) is 0. The summed E-state index contributed by atoms with van der Waals surface area (Å²) in [5.41, 5.74) is 0. The molecule has 78 valence electrons. The summed E-state index contributed by atoms with van der Waals surface area (Å²) < 4.78 is 0. The molecule has 0 saturated carbocycles. The number of rotatable bonds is 5. The number of hydrogen-bond donors (Lipinski definition) is 3. The second kappa shape index (κ2) is 6.35. The van der Waals surface area contributed by atoms with E-state index in [1.807, 2.05) is 0 Å². The molecule has 1 rings (SSSR count). The molecule has 0 aromatic rings. The van der Waals surface area contributed by atoms with Gasteiger partial charge in [0.15, 0.2) is 0 Å². The Balaban J connectivity index is 2.07. The molecule has 3 N–H and O–H groups in total. The number of aliphatic hydroxyl groups excluding tert-OH is 1. The minimum Gasteiger partial charge on any atom is -0.396 e. The Hall–Kier alpha value is -0.120. The van der Waals surface area contributed by atoms with Crippen LogP contribution in [0, 0.1) is 0 Å². The van der Waals surface area contributed by atoms with Crippen molar-refractivity contribution in [3.8, 4) is 0 Å². The summed E-state index contributed by atoms with van der Waals surface area (Å²) in [6.07, 6.45) is 4.48. The van der Waals surface area contributed by atoms with Gasteiger partial charge in [-0.25, -0.2) is 0 Å². The van der Waals surface area contributed by atoms with Crippen molar-refractivity contribution >= 4 is 0 Å². The van der Waals surface area contributed by atoms with Gasteiger partial charge in [0, 0.05) is 18.7 Å². The lowest BCUT2D eigenvalue weighted by Crippen LogP contribution is -2.43. The summed E-state index contributed by atoms with van der Waals surface area (Å²) >= 11 is 0. The molecule has 1 aliphatic heterocycles. The average Bonchev–Trinajstić information content (AvgIpc) is 2.16. The molecular weight excluding hydrogens is 164 g/mol. The molecule has 0 aromatic heterocycles. The maximum Gasteiger partial charge on any atom is 0.0431 e. The Morgan fingerprint density at radius 3 is 2.77 bits per heavy atom. The first kappa shape index (κ1) is 11.0. The Labute approximate surface area is 80.9 Å². The fourth-order valence-electron chi connectivity index (χ4n) is 1.87. The van der Waals surface area contributed by atoms with Crippen LogP contribution < -0.4 is 10.6 Å². The average molecular weight is 186 g/mol. The predicted molar refractivity (Wildman–Crippen MR) is 54.8 cm³/mol. The van der Waals surface area contributed by atoms with Crippen molar-refractivity contribution in [1.82, 2.24) is 10.6 Å². The summed E-state index contributed by atoms with van der Waals surface area (Å²) in [4.78, 5) is 0. The largest absolute Gasteiger partial charge is 0.396 e. The standard InChI is InChI=1S/C10H22N2O/c1-9(3-2-8-13)12-10-4-6-11-7-5-10/h9-13H,2-8H2,1H3. The molecule has 0 radical (unpaired) electrons. The Kier molecular flexibility index (Phi) is 5.35. The van der Waals surface area contributed by atoms with Gasteiger partial charge in [-0.1, -0.05) is 0 Å². The molecule has 1 saturated heterocycles. The molecule has 0 spiro atoms. The fourth-order valence-corrected chi connectivity index (χ4v) is 1.87. The Morgan fingerprint density at radius 1 is 1.46 bits per heavy atom. The fraction of sp³-hybridized carbons (Fsp3) is 1.00. The van der Waals surface area contributed by atoms with E-state index in [1.54, 1.807) is 0 Å². The molecule has 0 aliphatic carbocycles. The van der Waals surface area contributed by atoms with Crippen LogP contribution >= 0.6 is 0 Å². The lowest BCUT2D eigenvalue weighted by molar-refractivity contribution is 0.269. The summed E-state index contributed by atoms with van der Waals surface area (Å²) in [5, 5.41) is 15.6. The van der Waals surface area contributed by atoms with Gasteiger partial charge >= 0.3 is 0 Å². The first-order valence-corrected chi connectivity index (χ1v) is 5.40. The van der Waals surface area contributed by atoms with Crippen LogP contribution in [-0.4, -0.2) is 36.9 Å². The molecule has 1 fully saturated rings. The molecule has 3 heteroatoms. The molecule has 0 bridgehead atoms. The first-order chi connectivity index (χ1) is 6.33. The van der Waals surface area contributed by atoms with Gasteiger partial charge in [-0.15, -0.1) is 0 Å². The summed E-state index contributed by atoms with van der Waals surface area (Å²) in [6, 6.07) is 1.24. The van der Waals surface area contributed by atoms with E-state index in [4.69, 9.17) is 5.11 Å². The highest BCUT2D eigenvalue weighted by Gasteiger charge is 2.14. The molecule has 1 unspecified atom stereocenters. The van der Waals surface area contributed by atoms with Crippen molar-refractivity contribution in [3.05, 3.63) is 0 Å². The second-order valence-corrected chi connectivity index (χ2v) is 3.96. The van der Waals surface area contributed by atoms with Crippen molar-refractivity contribution in [2.24, 2.45) is 0 Å². The van der Waals surface area contributed by atoms with Gasteiger partial charge in [0.2, 0.25) is 0 Å². The summed E-state index contributed by atoms with van der Waals surface area (Å²) in [6.45, 7) is 4.81. The Bertz CT molecular complexity index is 124. The van der Waals surface area contributed by atoms with Crippen LogP contribution in [0.25, 0.3) is 0 Å². The highest BCUT2D eigenvalue weighted by molar-refractivity contribution is 4.76. The normalized spacial score (nSPS) is 21.7. The first-order valence-electron chi connectivity index (χ1n) is 5.40. The zero-order chi connectivity index (χ0) is 9.52. The van der Waals surface area contributed by atoms with Gasteiger partial charge in [0.1, 0.15) is 0 Å². The number of aliphatic hydroxyl groups is 1. The van der Waals surface area contributed by atoms with Crippen LogP contribution in [-0.2, 0) is 0 Å². The number of hydrogen-bond acceptors (Lipinski definition) is 3. The molecule has 0 amide bonds. The quantitative estimate of drug-likeness (QED) is 0.585. The molecule has 1 aliphatic rings. The third-order valence-electron chi connectivity index (χ3n) is 2.65.